The van der Waals surface area contributed by atoms with Crippen LogP contribution in [-0.2, 0) is 0 Å². The monoisotopic (exact) mass is 329 g/mol. The van der Waals surface area contributed by atoms with Crippen LogP contribution in [0.2, 0.25) is 0 Å². The van der Waals surface area contributed by atoms with Crippen LogP contribution in [-0.4, -0.2) is 23.0 Å². The maximum atomic E-state index is 12.4. The summed E-state index contributed by atoms with van der Waals surface area (Å²) in [4.78, 5) is 21.8. The second kappa shape index (κ2) is 6.21. The van der Waals surface area contributed by atoms with Crippen LogP contribution in [0, 0.1) is 13.8 Å². The first kappa shape index (κ1) is 15.2. The topological polar surface area (TPSA) is 77.2 Å². The number of methoxy groups -OCH3 is 1. The largest absolute Gasteiger partial charge is 0.497 e. The first-order valence-electron chi connectivity index (χ1n) is 6.91. The highest BCUT2D eigenvalue weighted by Crippen LogP contribution is 2.27. The fourth-order valence-electron chi connectivity index (χ4n) is 2.04. The SMILES string of the molecule is COc1ccc(-c2ocnc2C(=O)Nc2nc(C)c(C)s2)cc1. The second-order valence-corrected chi connectivity index (χ2v) is 6.08. The Bertz CT molecular complexity index is 817. The van der Waals surface area contributed by atoms with E-state index in [-0.39, 0.29) is 11.6 Å². The van der Waals surface area contributed by atoms with Gasteiger partial charge in [-0.1, -0.05) is 0 Å². The van der Waals surface area contributed by atoms with Gasteiger partial charge < -0.3 is 9.15 Å². The summed E-state index contributed by atoms with van der Waals surface area (Å²) < 4.78 is 10.5. The molecule has 3 aromatic rings. The molecule has 0 atom stereocenters. The molecule has 0 spiro atoms. The Morgan fingerprint density at radius 2 is 2.00 bits per heavy atom. The summed E-state index contributed by atoms with van der Waals surface area (Å²) >= 11 is 1.43. The molecule has 2 heterocycles. The number of nitrogens with one attached hydrogen (secondary N) is 1. The van der Waals surface area contributed by atoms with Gasteiger partial charge in [-0.05, 0) is 38.1 Å². The maximum absolute atomic E-state index is 12.4. The van der Waals surface area contributed by atoms with Crippen LogP contribution in [0.4, 0.5) is 5.13 Å². The van der Waals surface area contributed by atoms with Gasteiger partial charge in [-0.3, -0.25) is 10.1 Å². The fourth-order valence-corrected chi connectivity index (χ4v) is 2.85. The van der Waals surface area contributed by atoms with Crippen molar-refractivity contribution >= 4 is 22.4 Å². The van der Waals surface area contributed by atoms with Gasteiger partial charge in [-0.2, -0.15) is 0 Å². The van der Waals surface area contributed by atoms with Crippen molar-refractivity contribution in [3.05, 3.63) is 46.9 Å². The number of thiazole rings is 1. The molecule has 1 amide bonds. The van der Waals surface area contributed by atoms with E-state index in [1.807, 2.05) is 26.0 Å². The van der Waals surface area contributed by atoms with Gasteiger partial charge in [0.2, 0.25) is 0 Å². The number of ether oxygens (including phenoxy) is 1. The zero-order valence-corrected chi connectivity index (χ0v) is 13.7. The number of oxazole rings is 1. The number of aryl methyl sites for hydroxylation is 2. The van der Waals surface area contributed by atoms with Crippen molar-refractivity contribution in [1.82, 2.24) is 9.97 Å². The number of hydrogen-bond acceptors (Lipinski definition) is 6. The minimum atomic E-state index is -0.349. The highest BCUT2D eigenvalue weighted by atomic mass is 32.1. The van der Waals surface area contributed by atoms with E-state index in [1.54, 1.807) is 19.2 Å². The highest BCUT2D eigenvalue weighted by molar-refractivity contribution is 7.15. The first-order valence-corrected chi connectivity index (χ1v) is 7.73. The van der Waals surface area contributed by atoms with Crippen molar-refractivity contribution in [3.63, 3.8) is 0 Å². The summed E-state index contributed by atoms with van der Waals surface area (Å²) in [6.07, 6.45) is 1.26. The van der Waals surface area contributed by atoms with Gasteiger partial charge >= 0.3 is 0 Å². The molecule has 0 saturated heterocycles. The lowest BCUT2D eigenvalue weighted by atomic mass is 10.1. The fraction of sp³-hybridized carbons (Fsp3) is 0.188. The molecule has 0 saturated carbocycles. The molecular weight excluding hydrogens is 314 g/mol. The van der Waals surface area contributed by atoms with Crippen LogP contribution >= 0.6 is 11.3 Å². The third kappa shape index (κ3) is 3.09. The third-order valence-electron chi connectivity index (χ3n) is 3.38. The normalized spacial score (nSPS) is 10.6. The van der Waals surface area contributed by atoms with E-state index in [0.717, 1.165) is 21.9 Å². The molecule has 1 N–H and O–H groups in total. The zero-order chi connectivity index (χ0) is 16.4. The van der Waals surface area contributed by atoms with Crippen molar-refractivity contribution in [2.75, 3.05) is 12.4 Å². The van der Waals surface area contributed by atoms with E-state index in [0.29, 0.717) is 10.9 Å². The zero-order valence-electron chi connectivity index (χ0n) is 12.9. The molecule has 1 aromatic carbocycles. The Morgan fingerprint density at radius 3 is 2.61 bits per heavy atom. The van der Waals surface area contributed by atoms with Gasteiger partial charge in [0.15, 0.2) is 23.0 Å². The molecule has 0 bridgehead atoms. The number of carbonyl (C=O) groups excluding carboxylic acids is 1. The van der Waals surface area contributed by atoms with E-state index in [1.165, 1.54) is 17.7 Å². The molecule has 23 heavy (non-hydrogen) atoms. The lowest BCUT2D eigenvalue weighted by Gasteiger charge is -2.03. The predicted molar refractivity (Wildman–Crippen MR) is 88.0 cm³/mol. The van der Waals surface area contributed by atoms with Gasteiger partial charge in [-0.15, -0.1) is 11.3 Å². The molecule has 0 radical (unpaired) electrons. The number of amides is 1. The van der Waals surface area contributed by atoms with Gasteiger partial charge in [0.25, 0.3) is 5.91 Å². The number of anilines is 1. The average molecular weight is 329 g/mol. The standard InChI is InChI=1S/C16H15N3O3S/c1-9-10(2)23-16(18-9)19-15(20)13-14(22-8-17-13)11-4-6-12(21-3)7-5-11/h4-8H,1-3H3,(H,18,19,20). The number of carbonyl (C=O) groups is 1. The molecule has 0 unspecified atom stereocenters. The van der Waals surface area contributed by atoms with Crippen LogP contribution in [0.15, 0.2) is 35.1 Å². The van der Waals surface area contributed by atoms with Gasteiger partial charge in [0.05, 0.1) is 12.8 Å². The van der Waals surface area contributed by atoms with Crippen molar-refractivity contribution < 1.29 is 13.9 Å². The molecule has 7 heteroatoms. The summed E-state index contributed by atoms with van der Waals surface area (Å²) in [7, 11) is 1.60. The molecule has 0 aliphatic heterocycles. The number of nitrogens with zero attached hydrogens (tertiary/aromatic N) is 2. The second-order valence-electron chi connectivity index (χ2n) is 4.87. The Kier molecular flexibility index (Phi) is 4.12. The first-order chi connectivity index (χ1) is 11.1. The average Bonchev–Trinajstić information content (AvgIpc) is 3.15. The molecular formula is C16H15N3O3S. The van der Waals surface area contributed by atoms with E-state index < -0.39 is 0 Å². The molecule has 0 fully saturated rings. The van der Waals surface area contributed by atoms with E-state index in [9.17, 15) is 4.79 Å². The number of rotatable bonds is 4. The molecule has 2 aromatic heterocycles. The molecule has 0 aliphatic carbocycles. The lowest BCUT2D eigenvalue weighted by Crippen LogP contribution is -2.13. The van der Waals surface area contributed by atoms with Gasteiger partial charge in [-0.25, -0.2) is 9.97 Å². The summed E-state index contributed by atoms with van der Waals surface area (Å²) in [6.45, 7) is 3.86. The number of aromatic nitrogens is 2. The van der Waals surface area contributed by atoms with Crippen molar-refractivity contribution in [2.45, 2.75) is 13.8 Å². The smallest absolute Gasteiger partial charge is 0.280 e. The highest BCUT2D eigenvalue weighted by Gasteiger charge is 2.19. The van der Waals surface area contributed by atoms with Gasteiger partial charge in [0, 0.05) is 10.4 Å². The van der Waals surface area contributed by atoms with E-state index in [2.05, 4.69) is 15.3 Å². The number of benzene rings is 1. The molecule has 0 aliphatic rings. The van der Waals surface area contributed by atoms with E-state index >= 15 is 0 Å². The van der Waals surface area contributed by atoms with E-state index in [4.69, 9.17) is 9.15 Å². The Morgan fingerprint density at radius 1 is 1.26 bits per heavy atom. The van der Waals surface area contributed by atoms with Gasteiger partial charge in [0.1, 0.15) is 5.75 Å². The molecule has 6 nitrogen and oxygen atoms in total. The lowest BCUT2D eigenvalue weighted by molar-refractivity contribution is 0.102. The molecule has 118 valence electrons. The molecule has 3 rings (SSSR count). The van der Waals surface area contributed by atoms with Crippen LogP contribution < -0.4 is 10.1 Å². The predicted octanol–water partition coefficient (Wildman–Crippen LogP) is 3.68. The number of hydrogen-bond donors (Lipinski definition) is 1. The van der Waals surface area contributed by atoms with Crippen LogP contribution in [0.1, 0.15) is 21.1 Å². The van der Waals surface area contributed by atoms with Crippen LogP contribution in [0.25, 0.3) is 11.3 Å². The Hall–Kier alpha value is -2.67. The third-order valence-corrected chi connectivity index (χ3v) is 4.37. The van der Waals surface area contributed by atoms with Crippen LogP contribution in [0.3, 0.4) is 0 Å². The summed E-state index contributed by atoms with van der Waals surface area (Å²) in [6, 6.07) is 7.22. The summed E-state index contributed by atoms with van der Waals surface area (Å²) in [5.41, 5.74) is 1.88. The minimum Gasteiger partial charge on any atom is -0.497 e. The van der Waals surface area contributed by atoms with Crippen molar-refractivity contribution in [2.24, 2.45) is 0 Å². The van der Waals surface area contributed by atoms with Crippen molar-refractivity contribution in [1.29, 1.82) is 0 Å². The quantitative estimate of drug-likeness (QED) is 0.790. The maximum Gasteiger partial charge on any atom is 0.280 e. The minimum absolute atomic E-state index is 0.223. The Labute approximate surface area is 137 Å². The summed E-state index contributed by atoms with van der Waals surface area (Å²) in [5.74, 6) is 0.793. The Balaban J connectivity index is 1.85. The summed E-state index contributed by atoms with van der Waals surface area (Å²) in [5, 5.41) is 3.31. The van der Waals surface area contributed by atoms with Crippen LogP contribution in [0.5, 0.6) is 5.75 Å². The van der Waals surface area contributed by atoms with Crippen molar-refractivity contribution in [3.8, 4) is 17.1 Å².